The molecule has 2 aromatic heterocycles. The van der Waals surface area contributed by atoms with Crippen molar-refractivity contribution in [2.75, 3.05) is 12.4 Å². The lowest BCUT2D eigenvalue weighted by Gasteiger charge is -2.13. The summed E-state index contributed by atoms with van der Waals surface area (Å²) in [5, 5.41) is 4.19. The van der Waals surface area contributed by atoms with E-state index < -0.39 is 28.8 Å². The van der Waals surface area contributed by atoms with E-state index in [1.54, 1.807) is 11.4 Å². The van der Waals surface area contributed by atoms with E-state index in [1.807, 2.05) is 0 Å². The summed E-state index contributed by atoms with van der Waals surface area (Å²) in [5.74, 6) is -1.61. The van der Waals surface area contributed by atoms with Crippen LogP contribution in [-0.2, 0) is 17.9 Å². The summed E-state index contributed by atoms with van der Waals surface area (Å²) < 4.78 is 34.5. The first-order valence-corrected chi connectivity index (χ1v) is 10.3. The number of ether oxygens (including phenoxy) is 1. The smallest absolute Gasteiger partial charge is 0.332 e. The molecule has 0 aliphatic carbocycles. The van der Waals surface area contributed by atoms with E-state index >= 15 is 0 Å². The molecule has 0 fully saturated rings. The number of carbonyl (C=O) groups excluding carboxylic acids is 1. The van der Waals surface area contributed by atoms with E-state index in [-0.39, 0.29) is 24.5 Å². The normalized spacial score (nSPS) is 11.0. The minimum absolute atomic E-state index is 0.0343. The number of anilines is 1. The van der Waals surface area contributed by atoms with Crippen LogP contribution in [0.3, 0.4) is 0 Å². The molecule has 0 atom stereocenters. The lowest BCUT2D eigenvalue weighted by atomic mass is 10.2. The zero-order chi connectivity index (χ0) is 22.8. The van der Waals surface area contributed by atoms with Crippen LogP contribution in [0.25, 0.3) is 10.2 Å². The fourth-order valence-electron chi connectivity index (χ4n) is 3.29. The number of amides is 1. The van der Waals surface area contributed by atoms with Crippen LogP contribution in [0.4, 0.5) is 14.5 Å². The predicted molar refractivity (Wildman–Crippen MR) is 117 cm³/mol. The first-order valence-electron chi connectivity index (χ1n) is 9.46. The van der Waals surface area contributed by atoms with Crippen molar-refractivity contribution in [1.29, 1.82) is 0 Å². The average molecular weight is 457 g/mol. The maximum atomic E-state index is 13.9. The van der Waals surface area contributed by atoms with Crippen LogP contribution in [0.1, 0.15) is 5.56 Å². The quantitative estimate of drug-likeness (QED) is 0.482. The van der Waals surface area contributed by atoms with E-state index in [4.69, 9.17) is 4.74 Å². The van der Waals surface area contributed by atoms with Gasteiger partial charge in [-0.05, 0) is 41.3 Å². The Bertz CT molecular complexity index is 1420. The van der Waals surface area contributed by atoms with Gasteiger partial charge in [0.2, 0.25) is 5.91 Å². The van der Waals surface area contributed by atoms with Gasteiger partial charge in [0.1, 0.15) is 17.1 Å². The third kappa shape index (κ3) is 4.17. The largest absolute Gasteiger partial charge is 0.494 e. The van der Waals surface area contributed by atoms with Gasteiger partial charge in [-0.25, -0.2) is 13.6 Å². The van der Waals surface area contributed by atoms with Gasteiger partial charge in [0, 0.05) is 11.8 Å². The van der Waals surface area contributed by atoms with Crippen molar-refractivity contribution < 1.29 is 18.3 Å². The predicted octanol–water partition coefficient (Wildman–Crippen LogP) is 3.20. The number of benzene rings is 2. The van der Waals surface area contributed by atoms with E-state index in [0.29, 0.717) is 15.8 Å². The minimum atomic E-state index is -0.679. The summed E-state index contributed by atoms with van der Waals surface area (Å²) in [6.45, 7) is -0.458. The van der Waals surface area contributed by atoms with Crippen molar-refractivity contribution >= 4 is 33.1 Å². The van der Waals surface area contributed by atoms with Crippen LogP contribution in [0.15, 0.2) is 63.5 Å². The highest BCUT2D eigenvalue weighted by atomic mass is 32.1. The Morgan fingerprint density at radius 2 is 1.81 bits per heavy atom. The molecule has 0 aliphatic rings. The van der Waals surface area contributed by atoms with Gasteiger partial charge in [-0.1, -0.05) is 12.1 Å². The lowest BCUT2D eigenvalue weighted by Crippen LogP contribution is -2.41. The van der Waals surface area contributed by atoms with E-state index in [2.05, 4.69) is 5.32 Å². The number of hydrogen-bond acceptors (Lipinski definition) is 5. The fourth-order valence-corrected chi connectivity index (χ4v) is 4.13. The van der Waals surface area contributed by atoms with Crippen molar-refractivity contribution in [3.8, 4) is 5.75 Å². The zero-order valence-corrected chi connectivity index (χ0v) is 17.6. The lowest BCUT2D eigenvalue weighted by molar-refractivity contribution is -0.116. The van der Waals surface area contributed by atoms with Crippen molar-refractivity contribution in [3.63, 3.8) is 0 Å². The summed E-state index contributed by atoms with van der Waals surface area (Å²) in [7, 11) is 1.33. The molecule has 0 spiro atoms. The topological polar surface area (TPSA) is 82.3 Å². The summed E-state index contributed by atoms with van der Waals surface area (Å²) in [4.78, 5) is 38.5. The molecule has 32 heavy (non-hydrogen) atoms. The number of rotatable bonds is 6. The molecule has 1 N–H and O–H groups in total. The minimum Gasteiger partial charge on any atom is -0.494 e. The molecule has 0 saturated heterocycles. The maximum absolute atomic E-state index is 13.9. The van der Waals surface area contributed by atoms with Gasteiger partial charge in [-0.2, -0.15) is 0 Å². The number of halogens is 2. The van der Waals surface area contributed by atoms with Gasteiger partial charge in [0.05, 0.1) is 19.2 Å². The summed E-state index contributed by atoms with van der Waals surface area (Å²) in [6.07, 6.45) is 0. The average Bonchev–Trinajstić information content (AvgIpc) is 3.26. The number of thiophene rings is 1. The van der Waals surface area contributed by atoms with Gasteiger partial charge in [0.25, 0.3) is 5.56 Å². The third-order valence-electron chi connectivity index (χ3n) is 4.83. The van der Waals surface area contributed by atoms with E-state index in [9.17, 15) is 23.2 Å². The molecule has 0 saturated carbocycles. The van der Waals surface area contributed by atoms with Gasteiger partial charge in [0.15, 0.2) is 11.6 Å². The second kappa shape index (κ2) is 8.75. The number of carbonyl (C=O) groups is 1. The number of nitrogens with zero attached hydrogens (tertiary/aromatic N) is 2. The number of methoxy groups -OCH3 is 1. The first kappa shape index (κ1) is 21.4. The highest BCUT2D eigenvalue weighted by molar-refractivity contribution is 7.17. The van der Waals surface area contributed by atoms with Gasteiger partial charge in [-0.3, -0.25) is 18.7 Å². The molecule has 164 valence electrons. The first-order chi connectivity index (χ1) is 15.4. The number of aromatic nitrogens is 2. The van der Waals surface area contributed by atoms with Crippen LogP contribution in [0.5, 0.6) is 5.75 Å². The second-order valence-electron chi connectivity index (χ2n) is 6.92. The Morgan fingerprint density at radius 1 is 1.06 bits per heavy atom. The Morgan fingerprint density at radius 3 is 2.50 bits per heavy atom. The number of hydrogen-bond donors (Lipinski definition) is 1. The highest BCUT2D eigenvalue weighted by Crippen LogP contribution is 2.21. The van der Waals surface area contributed by atoms with Gasteiger partial charge in [-0.15, -0.1) is 11.3 Å². The maximum Gasteiger partial charge on any atom is 0.332 e. The molecule has 4 rings (SSSR count). The second-order valence-corrected chi connectivity index (χ2v) is 7.84. The Hall–Kier alpha value is -3.79. The fraction of sp³-hybridized carbons (Fsp3) is 0.136. The van der Waals surface area contributed by atoms with Crippen LogP contribution < -0.4 is 21.3 Å². The Kier molecular flexibility index (Phi) is 5.87. The number of fused-ring (bicyclic) bond motifs is 1. The Labute approximate surface area is 184 Å². The van der Waals surface area contributed by atoms with Crippen LogP contribution in [-0.4, -0.2) is 22.2 Å². The molecule has 10 heteroatoms. The molecule has 2 aromatic carbocycles. The van der Waals surface area contributed by atoms with E-state index in [1.165, 1.54) is 48.1 Å². The Balaban J connectivity index is 1.67. The van der Waals surface area contributed by atoms with Gasteiger partial charge < -0.3 is 10.1 Å². The molecule has 2 heterocycles. The highest BCUT2D eigenvalue weighted by Gasteiger charge is 2.17. The van der Waals surface area contributed by atoms with Gasteiger partial charge >= 0.3 is 5.69 Å². The molecule has 0 bridgehead atoms. The van der Waals surface area contributed by atoms with Crippen molar-refractivity contribution in [2.45, 2.75) is 13.1 Å². The SMILES string of the molecule is COc1ccc(NC(=O)Cn2c(=O)n(Cc3ccc(F)cc3)c(=O)c3sccc32)cc1F. The summed E-state index contributed by atoms with van der Waals surface area (Å²) in [6, 6.07) is 11.0. The van der Waals surface area contributed by atoms with Crippen LogP contribution in [0.2, 0.25) is 0 Å². The molecule has 7 nitrogen and oxygen atoms in total. The molecule has 0 aliphatic heterocycles. The summed E-state index contributed by atoms with van der Waals surface area (Å²) >= 11 is 1.15. The van der Waals surface area contributed by atoms with E-state index in [0.717, 1.165) is 22.0 Å². The molecular formula is C22H17F2N3O4S. The van der Waals surface area contributed by atoms with Crippen molar-refractivity contribution in [3.05, 3.63) is 91.9 Å². The monoisotopic (exact) mass is 457 g/mol. The van der Waals surface area contributed by atoms with Crippen LogP contribution >= 0.6 is 11.3 Å². The molecular weight excluding hydrogens is 440 g/mol. The van der Waals surface area contributed by atoms with Crippen LogP contribution in [0, 0.1) is 11.6 Å². The molecule has 1 amide bonds. The third-order valence-corrected chi connectivity index (χ3v) is 5.72. The number of nitrogens with one attached hydrogen (secondary N) is 1. The molecule has 0 unspecified atom stereocenters. The zero-order valence-electron chi connectivity index (χ0n) is 16.8. The van der Waals surface area contributed by atoms with Crippen molar-refractivity contribution in [1.82, 2.24) is 9.13 Å². The summed E-state index contributed by atoms with van der Waals surface area (Å²) in [5.41, 5.74) is -0.0790. The molecule has 0 radical (unpaired) electrons. The molecule has 4 aromatic rings. The van der Waals surface area contributed by atoms with Crippen molar-refractivity contribution in [2.24, 2.45) is 0 Å². The standard InChI is InChI=1S/C22H17F2N3O4S/c1-31-18-7-6-15(10-16(18)24)25-19(28)12-26-17-8-9-32-20(17)21(29)27(22(26)30)11-13-2-4-14(23)5-3-13/h2-10H,11-12H2,1H3,(H,25,28).